The minimum Gasteiger partial charge on any atom is -0.462 e. The van der Waals surface area contributed by atoms with Gasteiger partial charge >= 0.3 is 5.97 Å². The first-order valence-corrected chi connectivity index (χ1v) is 9.19. The molecule has 0 unspecified atom stereocenters. The molecule has 1 fully saturated rings. The molecular formula is C20H30O3. The predicted octanol–water partition coefficient (Wildman–Crippen LogP) is 4.28. The van der Waals surface area contributed by atoms with Gasteiger partial charge in [-0.3, -0.25) is 4.79 Å². The van der Waals surface area contributed by atoms with Crippen molar-refractivity contribution in [1.82, 2.24) is 0 Å². The average molecular weight is 318 g/mol. The first-order valence-electron chi connectivity index (χ1n) is 9.19. The van der Waals surface area contributed by atoms with E-state index in [0.717, 1.165) is 19.3 Å². The SMILES string of the molecule is CO[C@H]1CC(=O)O[C@H](CC[C@H]2[C@@H](C)C=CC3=C[C@H](C)CC[C@@H]32)C1. The monoisotopic (exact) mass is 318 g/mol. The summed E-state index contributed by atoms with van der Waals surface area (Å²) in [5.74, 6) is 2.60. The molecule has 0 bridgehead atoms. The maximum absolute atomic E-state index is 11.7. The van der Waals surface area contributed by atoms with Crippen molar-refractivity contribution in [1.29, 1.82) is 0 Å². The molecule has 0 saturated carbocycles. The van der Waals surface area contributed by atoms with Gasteiger partial charge in [0.15, 0.2) is 0 Å². The van der Waals surface area contributed by atoms with Crippen LogP contribution in [0, 0.1) is 23.7 Å². The van der Waals surface area contributed by atoms with Crippen LogP contribution in [-0.4, -0.2) is 25.3 Å². The summed E-state index contributed by atoms with van der Waals surface area (Å²) < 4.78 is 10.9. The maximum atomic E-state index is 11.7. The predicted molar refractivity (Wildman–Crippen MR) is 90.9 cm³/mol. The average Bonchev–Trinajstić information content (AvgIpc) is 2.53. The minimum atomic E-state index is -0.100. The van der Waals surface area contributed by atoms with Gasteiger partial charge in [0.1, 0.15) is 6.10 Å². The quantitative estimate of drug-likeness (QED) is 0.726. The van der Waals surface area contributed by atoms with Gasteiger partial charge in [0, 0.05) is 13.5 Å². The molecule has 3 aliphatic rings. The lowest BCUT2D eigenvalue weighted by Crippen LogP contribution is -2.35. The Morgan fingerprint density at radius 2 is 2.09 bits per heavy atom. The van der Waals surface area contributed by atoms with Gasteiger partial charge in [0.2, 0.25) is 0 Å². The molecule has 2 aliphatic carbocycles. The highest BCUT2D eigenvalue weighted by Gasteiger charge is 2.35. The van der Waals surface area contributed by atoms with E-state index in [4.69, 9.17) is 9.47 Å². The van der Waals surface area contributed by atoms with E-state index in [2.05, 4.69) is 32.1 Å². The molecule has 6 atom stereocenters. The highest BCUT2D eigenvalue weighted by atomic mass is 16.6. The first kappa shape index (κ1) is 16.8. The number of hydrogen-bond donors (Lipinski definition) is 0. The van der Waals surface area contributed by atoms with Crippen molar-refractivity contribution in [2.75, 3.05) is 7.11 Å². The number of ether oxygens (including phenoxy) is 2. The fourth-order valence-electron chi connectivity index (χ4n) is 4.60. The standard InChI is InChI=1S/C20H30O3/c1-13-4-8-19-15(10-13)6-5-14(2)18(19)9-7-16-11-17(22-3)12-20(21)23-16/h5-6,10,13-14,16-19H,4,7-9,11-12H2,1-3H3/t13-,14+,16-,17-,18+,19+/m1/s1. The smallest absolute Gasteiger partial charge is 0.308 e. The summed E-state index contributed by atoms with van der Waals surface area (Å²) in [6.45, 7) is 4.65. The zero-order valence-electron chi connectivity index (χ0n) is 14.7. The van der Waals surface area contributed by atoms with Gasteiger partial charge in [-0.25, -0.2) is 0 Å². The summed E-state index contributed by atoms with van der Waals surface area (Å²) in [5.41, 5.74) is 1.54. The molecule has 1 aliphatic heterocycles. The first-order chi connectivity index (χ1) is 11.1. The van der Waals surface area contributed by atoms with Gasteiger partial charge in [0.25, 0.3) is 0 Å². The highest BCUT2D eigenvalue weighted by Crippen LogP contribution is 2.43. The molecule has 23 heavy (non-hydrogen) atoms. The summed E-state index contributed by atoms with van der Waals surface area (Å²) in [6.07, 6.45) is 13.2. The number of hydrogen-bond acceptors (Lipinski definition) is 3. The van der Waals surface area contributed by atoms with Crippen molar-refractivity contribution in [3.05, 3.63) is 23.8 Å². The van der Waals surface area contributed by atoms with Gasteiger partial charge in [-0.1, -0.05) is 32.1 Å². The Labute approximate surface area is 140 Å². The molecule has 0 aromatic heterocycles. The zero-order valence-corrected chi connectivity index (χ0v) is 14.7. The lowest BCUT2D eigenvalue weighted by Gasteiger charge is -2.39. The molecule has 1 saturated heterocycles. The van der Waals surface area contributed by atoms with Gasteiger partial charge in [-0.15, -0.1) is 0 Å². The van der Waals surface area contributed by atoms with Crippen LogP contribution in [0.2, 0.25) is 0 Å². The van der Waals surface area contributed by atoms with Gasteiger partial charge in [-0.05, 0) is 54.9 Å². The van der Waals surface area contributed by atoms with Crippen LogP contribution >= 0.6 is 0 Å². The lowest BCUT2D eigenvalue weighted by molar-refractivity contribution is -0.162. The van der Waals surface area contributed by atoms with E-state index in [0.29, 0.717) is 30.1 Å². The van der Waals surface area contributed by atoms with Crippen LogP contribution in [-0.2, 0) is 14.3 Å². The molecular weight excluding hydrogens is 288 g/mol. The zero-order chi connectivity index (χ0) is 16.4. The van der Waals surface area contributed by atoms with Gasteiger partial charge < -0.3 is 9.47 Å². The molecule has 3 heteroatoms. The normalized spacial score (nSPS) is 40.3. The molecule has 1 heterocycles. The molecule has 0 spiro atoms. The third-order valence-electron chi connectivity index (χ3n) is 6.00. The molecule has 0 radical (unpaired) electrons. The highest BCUT2D eigenvalue weighted by molar-refractivity contribution is 5.71. The number of carbonyl (C=O) groups excluding carboxylic acids is 1. The van der Waals surface area contributed by atoms with Crippen LogP contribution in [0.4, 0.5) is 0 Å². The Bertz CT molecular complexity index is 493. The van der Waals surface area contributed by atoms with E-state index < -0.39 is 0 Å². The summed E-state index contributed by atoms with van der Waals surface area (Å²) in [4.78, 5) is 11.7. The van der Waals surface area contributed by atoms with E-state index >= 15 is 0 Å². The summed E-state index contributed by atoms with van der Waals surface area (Å²) in [6, 6.07) is 0. The van der Waals surface area contributed by atoms with E-state index in [9.17, 15) is 4.79 Å². The van der Waals surface area contributed by atoms with E-state index in [1.807, 2.05) is 0 Å². The van der Waals surface area contributed by atoms with Crippen LogP contribution in [0.3, 0.4) is 0 Å². The third-order valence-corrected chi connectivity index (χ3v) is 6.00. The number of cyclic esters (lactones) is 1. The number of esters is 1. The lowest BCUT2D eigenvalue weighted by atomic mass is 9.66. The van der Waals surface area contributed by atoms with Crippen LogP contribution < -0.4 is 0 Å². The minimum absolute atomic E-state index is 0.0363. The molecule has 3 nitrogen and oxygen atoms in total. The molecule has 0 amide bonds. The van der Waals surface area contributed by atoms with Crippen LogP contribution in [0.5, 0.6) is 0 Å². The van der Waals surface area contributed by atoms with Crippen molar-refractivity contribution in [3.8, 4) is 0 Å². The third kappa shape index (κ3) is 3.88. The van der Waals surface area contributed by atoms with Gasteiger partial charge in [0.05, 0.1) is 12.5 Å². The molecule has 3 rings (SSSR count). The topological polar surface area (TPSA) is 35.5 Å². The van der Waals surface area contributed by atoms with Gasteiger partial charge in [-0.2, -0.15) is 0 Å². The second-order valence-electron chi connectivity index (χ2n) is 7.70. The molecule has 0 aromatic rings. The fraction of sp³-hybridized carbons (Fsp3) is 0.750. The van der Waals surface area contributed by atoms with E-state index in [-0.39, 0.29) is 18.2 Å². The Morgan fingerprint density at radius 1 is 1.26 bits per heavy atom. The maximum Gasteiger partial charge on any atom is 0.308 e. The Kier molecular flexibility index (Phi) is 5.25. The number of methoxy groups -OCH3 is 1. The van der Waals surface area contributed by atoms with E-state index in [1.165, 1.54) is 12.8 Å². The summed E-state index contributed by atoms with van der Waals surface area (Å²) >= 11 is 0. The van der Waals surface area contributed by atoms with E-state index in [1.54, 1.807) is 12.7 Å². The van der Waals surface area contributed by atoms with Crippen LogP contribution in [0.15, 0.2) is 23.8 Å². The molecule has 0 aromatic carbocycles. The van der Waals surface area contributed by atoms with Crippen molar-refractivity contribution < 1.29 is 14.3 Å². The molecule has 0 N–H and O–H groups in total. The van der Waals surface area contributed by atoms with Crippen molar-refractivity contribution in [2.45, 2.75) is 64.6 Å². The Hall–Kier alpha value is -1.09. The van der Waals surface area contributed by atoms with Crippen molar-refractivity contribution in [3.63, 3.8) is 0 Å². The Morgan fingerprint density at radius 3 is 2.87 bits per heavy atom. The van der Waals surface area contributed by atoms with Crippen LogP contribution in [0.1, 0.15) is 52.4 Å². The summed E-state index contributed by atoms with van der Waals surface area (Å²) in [7, 11) is 1.69. The number of rotatable bonds is 4. The second-order valence-corrected chi connectivity index (χ2v) is 7.70. The van der Waals surface area contributed by atoms with Crippen molar-refractivity contribution >= 4 is 5.97 Å². The fourth-order valence-corrected chi connectivity index (χ4v) is 4.60. The summed E-state index contributed by atoms with van der Waals surface area (Å²) in [5, 5.41) is 0. The number of carbonyl (C=O) groups is 1. The Balaban J connectivity index is 1.62. The largest absolute Gasteiger partial charge is 0.462 e. The van der Waals surface area contributed by atoms with Crippen molar-refractivity contribution in [2.24, 2.45) is 23.7 Å². The molecule has 128 valence electrons. The second kappa shape index (κ2) is 7.21. The number of allylic oxidation sites excluding steroid dienone is 4. The van der Waals surface area contributed by atoms with Crippen LogP contribution in [0.25, 0.3) is 0 Å². The number of fused-ring (bicyclic) bond motifs is 1.